The van der Waals surface area contributed by atoms with Gasteiger partial charge in [-0.1, -0.05) is 152 Å². The van der Waals surface area contributed by atoms with Gasteiger partial charge in [0, 0.05) is 29.1 Å². The predicted molar refractivity (Wildman–Crippen MR) is 207 cm³/mol. The van der Waals surface area contributed by atoms with E-state index in [0.29, 0.717) is 5.82 Å². The van der Waals surface area contributed by atoms with Crippen LogP contribution in [0.25, 0.3) is 88.8 Å². The lowest BCUT2D eigenvalue weighted by atomic mass is 9.92. The zero-order valence-corrected chi connectivity index (χ0v) is 27.2. The summed E-state index contributed by atoms with van der Waals surface area (Å²) < 4.78 is 0. The molecule has 0 spiro atoms. The van der Waals surface area contributed by atoms with Crippen molar-refractivity contribution in [1.29, 1.82) is 0 Å². The molecule has 3 heteroatoms. The van der Waals surface area contributed by atoms with Gasteiger partial charge in [-0.3, -0.25) is 4.98 Å². The molecule has 7 aromatic carbocycles. The van der Waals surface area contributed by atoms with Crippen LogP contribution in [-0.2, 0) is 0 Å². The summed E-state index contributed by atoms with van der Waals surface area (Å²) in [4.78, 5) is 14.6. The molecule has 0 fully saturated rings. The zero-order chi connectivity index (χ0) is 33.3. The van der Waals surface area contributed by atoms with Gasteiger partial charge in [0.2, 0.25) is 0 Å². The van der Waals surface area contributed by atoms with Crippen molar-refractivity contribution >= 4 is 21.5 Å². The lowest BCUT2D eigenvalue weighted by Gasteiger charge is -2.13. The van der Waals surface area contributed by atoms with Crippen LogP contribution in [0.5, 0.6) is 0 Å². The summed E-state index contributed by atoms with van der Waals surface area (Å²) in [6.45, 7) is 0. The minimum Gasteiger partial charge on any atom is -0.264 e. The molecule has 0 N–H and O–H groups in total. The molecule has 9 aromatic rings. The first kappa shape index (κ1) is 29.4. The Hall–Kier alpha value is -6.71. The molecular weight excluding hydrogens is 607 g/mol. The summed E-state index contributed by atoms with van der Waals surface area (Å²) in [5.41, 5.74) is 11.7. The van der Waals surface area contributed by atoms with Crippen LogP contribution in [0.15, 0.2) is 188 Å². The van der Waals surface area contributed by atoms with E-state index in [2.05, 4.69) is 169 Å². The quantitative estimate of drug-likeness (QED) is 0.170. The van der Waals surface area contributed by atoms with E-state index >= 15 is 0 Å². The monoisotopic (exact) mass is 637 g/mol. The molecule has 2 heterocycles. The molecule has 234 valence electrons. The molecule has 3 nitrogen and oxygen atoms in total. The molecule has 2 aromatic heterocycles. The van der Waals surface area contributed by atoms with Gasteiger partial charge in [0.05, 0.1) is 11.4 Å². The third kappa shape index (κ3) is 5.61. The van der Waals surface area contributed by atoms with Gasteiger partial charge in [-0.25, -0.2) is 9.97 Å². The van der Waals surface area contributed by atoms with Crippen molar-refractivity contribution in [3.05, 3.63) is 188 Å². The summed E-state index contributed by atoms with van der Waals surface area (Å²) in [5.74, 6) is 0.690. The standard InChI is InChI=1S/C47H31N3/c1-2-10-32(11-3-1)33-21-25-36(26-22-33)47-49-45(35-23-19-34(20-24-35)40-15-9-27-48-31-40)30-46(50-47)39-14-8-13-37(28-39)44-29-38-12-4-5-16-41(38)42-17-6-7-18-43(42)44/h1-31H. The molecule has 0 saturated carbocycles. The van der Waals surface area contributed by atoms with Crippen molar-refractivity contribution in [1.82, 2.24) is 15.0 Å². The van der Waals surface area contributed by atoms with Crippen molar-refractivity contribution < 1.29 is 0 Å². The minimum atomic E-state index is 0.690. The number of nitrogens with zero attached hydrogens (tertiary/aromatic N) is 3. The van der Waals surface area contributed by atoms with Crippen LogP contribution in [0.4, 0.5) is 0 Å². The fourth-order valence-electron chi connectivity index (χ4n) is 6.82. The van der Waals surface area contributed by atoms with Gasteiger partial charge >= 0.3 is 0 Å². The highest BCUT2D eigenvalue weighted by Crippen LogP contribution is 2.37. The van der Waals surface area contributed by atoms with Gasteiger partial charge in [0.15, 0.2) is 5.82 Å². The highest BCUT2D eigenvalue weighted by atomic mass is 14.9. The Kier molecular flexibility index (Phi) is 7.49. The molecule has 0 saturated heterocycles. The van der Waals surface area contributed by atoms with Crippen LogP contribution in [-0.4, -0.2) is 15.0 Å². The topological polar surface area (TPSA) is 38.7 Å². The summed E-state index contributed by atoms with van der Waals surface area (Å²) in [7, 11) is 0. The Labute approximate surface area is 291 Å². The van der Waals surface area contributed by atoms with E-state index in [1.165, 1.54) is 32.7 Å². The molecule has 0 aliphatic heterocycles. The second-order valence-corrected chi connectivity index (χ2v) is 12.5. The Bertz CT molecular complexity index is 2510. The third-order valence-electron chi connectivity index (χ3n) is 9.39. The van der Waals surface area contributed by atoms with E-state index in [4.69, 9.17) is 9.97 Å². The van der Waals surface area contributed by atoms with E-state index in [9.17, 15) is 0 Å². The smallest absolute Gasteiger partial charge is 0.160 e. The first-order valence-corrected chi connectivity index (χ1v) is 16.8. The Morgan fingerprint density at radius 1 is 0.320 bits per heavy atom. The molecule has 0 aliphatic carbocycles. The summed E-state index contributed by atoms with van der Waals surface area (Å²) >= 11 is 0. The lowest BCUT2D eigenvalue weighted by molar-refractivity contribution is 1.18. The minimum absolute atomic E-state index is 0.690. The maximum Gasteiger partial charge on any atom is 0.160 e. The van der Waals surface area contributed by atoms with Gasteiger partial charge < -0.3 is 0 Å². The molecule has 50 heavy (non-hydrogen) atoms. The first-order valence-electron chi connectivity index (χ1n) is 16.8. The van der Waals surface area contributed by atoms with Gasteiger partial charge in [0.1, 0.15) is 0 Å². The molecule has 0 radical (unpaired) electrons. The number of pyridine rings is 1. The molecule has 0 bridgehead atoms. The van der Waals surface area contributed by atoms with Gasteiger partial charge in [-0.2, -0.15) is 0 Å². The first-order chi connectivity index (χ1) is 24.8. The maximum atomic E-state index is 5.19. The van der Waals surface area contributed by atoms with Gasteiger partial charge in [0.25, 0.3) is 0 Å². The number of fused-ring (bicyclic) bond motifs is 3. The van der Waals surface area contributed by atoms with E-state index in [0.717, 1.165) is 50.3 Å². The van der Waals surface area contributed by atoms with Crippen LogP contribution < -0.4 is 0 Å². The number of rotatable bonds is 6. The summed E-state index contributed by atoms with van der Waals surface area (Å²) in [6, 6.07) is 62.0. The number of hydrogen-bond donors (Lipinski definition) is 0. The number of hydrogen-bond acceptors (Lipinski definition) is 3. The highest BCUT2D eigenvalue weighted by Gasteiger charge is 2.14. The van der Waals surface area contributed by atoms with Crippen LogP contribution in [0.1, 0.15) is 0 Å². The highest BCUT2D eigenvalue weighted by molar-refractivity contribution is 6.13. The summed E-state index contributed by atoms with van der Waals surface area (Å²) in [6.07, 6.45) is 3.69. The van der Waals surface area contributed by atoms with E-state index in [1.807, 2.05) is 18.3 Å². The molecule has 0 amide bonds. The van der Waals surface area contributed by atoms with E-state index in [1.54, 1.807) is 6.20 Å². The molecular formula is C47H31N3. The van der Waals surface area contributed by atoms with Crippen molar-refractivity contribution in [3.8, 4) is 67.3 Å². The zero-order valence-electron chi connectivity index (χ0n) is 27.2. The van der Waals surface area contributed by atoms with Gasteiger partial charge in [-0.05, 0) is 79.2 Å². The van der Waals surface area contributed by atoms with Crippen LogP contribution in [0, 0.1) is 0 Å². The second kappa shape index (κ2) is 12.7. The Morgan fingerprint density at radius 2 is 0.880 bits per heavy atom. The Morgan fingerprint density at radius 3 is 1.64 bits per heavy atom. The lowest BCUT2D eigenvalue weighted by Crippen LogP contribution is -1.96. The fourth-order valence-corrected chi connectivity index (χ4v) is 6.82. The predicted octanol–water partition coefficient (Wildman–Crippen LogP) is 12.2. The van der Waals surface area contributed by atoms with Crippen molar-refractivity contribution in [2.24, 2.45) is 0 Å². The third-order valence-corrected chi connectivity index (χ3v) is 9.39. The van der Waals surface area contributed by atoms with Crippen molar-refractivity contribution in [2.45, 2.75) is 0 Å². The van der Waals surface area contributed by atoms with Crippen molar-refractivity contribution in [3.63, 3.8) is 0 Å². The molecule has 0 aliphatic rings. The average Bonchev–Trinajstić information content (AvgIpc) is 3.21. The average molecular weight is 638 g/mol. The largest absolute Gasteiger partial charge is 0.264 e. The number of benzene rings is 7. The van der Waals surface area contributed by atoms with Crippen LogP contribution in [0.2, 0.25) is 0 Å². The van der Waals surface area contributed by atoms with Crippen molar-refractivity contribution in [2.75, 3.05) is 0 Å². The second-order valence-electron chi connectivity index (χ2n) is 12.5. The molecule has 0 unspecified atom stereocenters. The van der Waals surface area contributed by atoms with Crippen LogP contribution >= 0.6 is 0 Å². The SMILES string of the molecule is c1ccc(-c2ccc(-c3nc(-c4ccc(-c5cccnc5)cc4)cc(-c4cccc(-c5cc6ccccc6c6ccccc56)c4)n3)cc2)cc1. The van der Waals surface area contributed by atoms with Gasteiger partial charge in [-0.15, -0.1) is 0 Å². The fraction of sp³-hybridized carbons (Fsp3) is 0. The van der Waals surface area contributed by atoms with E-state index in [-0.39, 0.29) is 0 Å². The maximum absolute atomic E-state index is 5.19. The Balaban J connectivity index is 1.17. The molecule has 0 atom stereocenters. The van der Waals surface area contributed by atoms with Crippen LogP contribution in [0.3, 0.4) is 0 Å². The number of aromatic nitrogens is 3. The normalized spacial score (nSPS) is 11.2. The van der Waals surface area contributed by atoms with E-state index < -0.39 is 0 Å². The molecule has 9 rings (SSSR count). The summed E-state index contributed by atoms with van der Waals surface area (Å²) in [5, 5.41) is 4.98.